The summed E-state index contributed by atoms with van der Waals surface area (Å²) in [6, 6.07) is 5.32. The number of hydrogen-bond acceptors (Lipinski definition) is 7. The molecule has 0 saturated carbocycles. The summed E-state index contributed by atoms with van der Waals surface area (Å²) in [6.45, 7) is 3.03. The van der Waals surface area contributed by atoms with Crippen molar-refractivity contribution in [3.8, 4) is 11.5 Å². The zero-order valence-electron chi connectivity index (χ0n) is 17.8. The summed E-state index contributed by atoms with van der Waals surface area (Å²) in [4.78, 5) is 48.0. The highest BCUT2D eigenvalue weighted by Gasteiger charge is 2.36. The van der Waals surface area contributed by atoms with E-state index in [-0.39, 0.29) is 36.5 Å². The number of nitrogens with zero attached hydrogens (tertiary/aromatic N) is 2. The number of benzene rings is 1. The van der Waals surface area contributed by atoms with Gasteiger partial charge in [0.2, 0.25) is 24.6 Å². The lowest BCUT2D eigenvalue weighted by atomic mass is 9.92. The maximum absolute atomic E-state index is 13.1. The second-order valence-electron chi connectivity index (χ2n) is 8.27. The summed E-state index contributed by atoms with van der Waals surface area (Å²) in [6.07, 6.45) is 4.00. The van der Waals surface area contributed by atoms with Crippen molar-refractivity contribution in [3.63, 3.8) is 0 Å². The molecule has 3 N–H and O–H groups in total. The maximum Gasteiger partial charge on any atom is 0.258 e. The number of amides is 2. The average Bonchev–Trinajstić information content (AvgIpc) is 3.26. The van der Waals surface area contributed by atoms with Crippen molar-refractivity contribution in [3.05, 3.63) is 34.1 Å². The highest BCUT2D eigenvalue weighted by Crippen LogP contribution is 2.36. The molecule has 3 aliphatic rings. The van der Waals surface area contributed by atoms with Gasteiger partial charge < -0.3 is 25.0 Å². The largest absolute Gasteiger partial charge is 0.454 e. The van der Waals surface area contributed by atoms with Gasteiger partial charge >= 0.3 is 0 Å². The number of rotatable bonds is 4. The van der Waals surface area contributed by atoms with Gasteiger partial charge in [-0.25, -0.2) is 0 Å². The van der Waals surface area contributed by atoms with E-state index in [1.165, 1.54) is 0 Å². The molecular formula is C22H25N5O5. The lowest BCUT2D eigenvalue weighted by molar-refractivity contribution is -0.123. The monoisotopic (exact) mass is 439 g/mol. The molecule has 1 fully saturated rings. The van der Waals surface area contributed by atoms with Crippen molar-refractivity contribution in [2.45, 2.75) is 51.0 Å². The minimum atomic E-state index is -0.946. The van der Waals surface area contributed by atoms with E-state index < -0.39 is 17.4 Å². The number of carbonyl (C=O) groups is 2. The first-order chi connectivity index (χ1) is 15.5. The molecule has 1 aromatic carbocycles. The number of aromatic nitrogens is 2. The smallest absolute Gasteiger partial charge is 0.258 e. The van der Waals surface area contributed by atoms with E-state index in [4.69, 9.17) is 9.47 Å². The lowest BCUT2D eigenvalue weighted by Crippen LogP contribution is -2.43. The van der Waals surface area contributed by atoms with Crippen molar-refractivity contribution in [1.82, 2.24) is 9.97 Å². The molecule has 0 radical (unpaired) electrons. The molecule has 0 aliphatic carbocycles. The number of fused-ring (bicyclic) bond motifs is 2. The third-order valence-corrected chi connectivity index (χ3v) is 6.27. The van der Waals surface area contributed by atoms with Crippen molar-refractivity contribution in [2.75, 3.05) is 28.9 Å². The van der Waals surface area contributed by atoms with Crippen molar-refractivity contribution >= 4 is 29.3 Å². The molecule has 1 saturated heterocycles. The normalized spacial score (nSPS) is 21.7. The van der Waals surface area contributed by atoms with Gasteiger partial charge in [-0.3, -0.25) is 19.4 Å². The summed E-state index contributed by atoms with van der Waals surface area (Å²) < 4.78 is 10.6. The van der Waals surface area contributed by atoms with Gasteiger partial charge in [-0.15, -0.1) is 0 Å². The van der Waals surface area contributed by atoms with E-state index in [0.29, 0.717) is 23.1 Å². The molecule has 0 bridgehead atoms. The van der Waals surface area contributed by atoms with Crippen LogP contribution in [0.3, 0.4) is 0 Å². The Morgan fingerprint density at radius 3 is 2.94 bits per heavy atom. The molecule has 2 aromatic rings. The van der Waals surface area contributed by atoms with Gasteiger partial charge in [0.25, 0.3) is 5.56 Å². The fourth-order valence-electron chi connectivity index (χ4n) is 4.63. The first-order valence-electron chi connectivity index (χ1n) is 10.9. The molecule has 2 atom stereocenters. The van der Waals surface area contributed by atoms with Crippen LogP contribution in [0.5, 0.6) is 11.5 Å². The zero-order chi connectivity index (χ0) is 22.2. The number of carbonyl (C=O) groups excluding carboxylic acids is 2. The molecular weight excluding hydrogens is 414 g/mol. The van der Waals surface area contributed by atoms with Crippen LogP contribution in [-0.4, -0.2) is 41.2 Å². The number of aromatic amines is 1. The molecule has 10 nitrogen and oxygen atoms in total. The zero-order valence-corrected chi connectivity index (χ0v) is 17.8. The third-order valence-electron chi connectivity index (χ3n) is 6.27. The average molecular weight is 439 g/mol. The molecule has 1 aromatic heterocycles. The SMILES string of the molecule is CC[C@@H]1CCCCN1c1nc2c(c(=O)[nH]1)[C@H](C(=O)Nc1ccc3c(c1)OCO3)CC(=O)N2. The van der Waals surface area contributed by atoms with Gasteiger partial charge in [0.1, 0.15) is 5.82 Å². The minimum absolute atomic E-state index is 0.127. The summed E-state index contributed by atoms with van der Waals surface area (Å²) in [5, 5.41) is 5.46. The Labute approximate surface area is 184 Å². The van der Waals surface area contributed by atoms with Crippen molar-refractivity contribution < 1.29 is 19.1 Å². The van der Waals surface area contributed by atoms with Gasteiger partial charge in [0, 0.05) is 30.8 Å². The first-order valence-corrected chi connectivity index (χ1v) is 10.9. The van der Waals surface area contributed by atoms with Crippen LogP contribution in [0.25, 0.3) is 0 Å². The molecule has 10 heteroatoms. The molecule has 0 unspecified atom stereocenters. The number of nitrogens with one attached hydrogen (secondary N) is 3. The number of H-pyrrole nitrogens is 1. The summed E-state index contributed by atoms with van der Waals surface area (Å²) in [7, 11) is 0. The van der Waals surface area contributed by atoms with Gasteiger partial charge in [0.15, 0.2) is 11.5 Å². The highest BCUT2D eigenvalue weighted by atomic mass is 16.7. The summed E-state index contributed by atoms with van der Waals surface area (Å²) >= 11 is 0. The number of ether oxygens (including phenoxy) is 2. The van der Waals surface area contributed by atoms with Gasteiger partial charge in [-0.05, 0) is 37.8 Å². The number of piperidine rings is 1. The summed E-state index contributed by atoms with van der Waals surface area (Å²) in [5.41, 5.74) is 0.264. The van der Waals surface area contributed by atoms with E-state index in [9.17, 15) is 14.4 Å². The maximum atomic E-state index is 13.1. The molecule has 2 amide bonds. The topological polar surface area (TPSA) is 126 Å². The molecule has 5 rings (SSSR count). The van der Waals surface area contributed by atoms with E-state index in [1.807, 2.05) is 0 Å². The Hall–Kier alpha value is -3.56. The Balaban J connectivity index is 1.44. The van der Waals surface area contributed by atoms with Crippen LogP contribution in [0.15, 0.2) is 23.0 Å². The number of anilines is 3. The van der Waals surface area contributed by atoms with Crippen LogP contribution in [-0.2, 0) is 9.59 Å². The van der Waals surface area contributed by atoms with Crippen LogP contribution in [0.4, 0.5) is 17.5 Å². The van der Waals surface area contributed by atoms with E-state index in [0.717, 1.165) is 32.2 Å². The Morgan fingerprint density at radius 1 is 1.25 bits per heavy atom. The van der Waals surface area contributed by atoms with Crippen molar-refractivity contribution in [1.29, 1.82) is 0 Å². The Bertz CT molecular complexity index is 1130. The van der Waals surface area contributed by atoms with Crippen molar-refractivity contribution in [2.24, 2.45) is 0 Å². The molecule has 4 heterocycles. The molecule has 32 heavy (non-hydrogen) atoms. The van der Waals surface area contributed by atoms with Crippen LogP contribution < -0.4 is 30.6 Å². The van der Waals surface area contributed by atoms with Gasteiger partial charge in [0.05, 0.1) is 11.5 Å². The second kappa shape index (κ2) is 8.18. The highest BCUT2D eigenvalue weighted by molar-refractivity contribution is 6.04. The quantitative estimate of drug-likeness (QED) is 0.668. The lowest BCUT2D eigenvalue weighted by Gasteiger charge is -2.36. The Morgan fingerprint density at radius 2 is 2.09 bits per heavy atom. The minimum Gasteiger partial charge on any atom is -0.454 e. The predicted octanol–water partition coefficient (Wildman–Crippen LogP) is 2.33. The fourth-order valence-corrected chi connectivity index (χ4v) is 4.63. The van der Waals surface area contributed by atoms with E-state index in [2.05, 4.69) is 32.4 Å². The van der Waals surface area contributed by atoms with Crippen LogP contribution in [0.2, 0.25) is 0 Å². The molecule has 3 aliphatic heterocycles. The van der Waals surface area contributed by atoms with Crippen LogP contribution >= 0.6 is 0 Å². The first kappa shape index (κ1) is 20.3. The third kappa shape index (κ3) is 3.65. The van der Waals surface area contributed by atoms with Gasteiger partial charge in [-0.2, -0.15) is 4.98 Å². The van der Waals surface area contributed by atoms with Crippen LogP contribution in [0.1, 0.15) is 50.5 Å². The summed E-state index contributed by atoms with van der Waals surface area (Å²) in [5.74, 6) is -0.0219. The predicted molar refractivity (Wildman–Crippen MR) is 117 cm³/mol. The number of hydrogen-bond donors (Lipinski definition) is 3. The molecule has 168 valence electrons. The van der Waals surface area contributed by atoms with E-state index in [1.54, 1.807) is 18.2 Å². The van der Waals surface area contributed by atoms with E-state index >= 15 is 0 Å². The fraction of sp³-hybridized carbons (Fsp3) is 0.455. The Kier molecular flexibility index (Phi) is 5.20. The van der Waals surface area contributed by atoms with Gasteiger partial charge in [-0.1, -0.05) is 6.92 Å². The second-order valence-corrected chi connectivity index (χ2v) is 8.27. The standard InChI is InChI=1S/C22H25N5O5/c1-2-13-5-3-4-8-27(13)22-25-19-18(21(30)26-22)14(10-17(28)24-19)20(29)23-12-6-7-15-16(9-12)32-11-31-15/h6-7,9,13-14H,2-5,8,10-11H2,1H3,(H,23,29)(H2,24,25,26,28,30)/t13-,14-/m1/s1. The van der Waals surface area contributed by atoms with Crippen LogP contribution in [0, 0.1) is 0 Å². The molecule has 0 spiro atoms.